The van der Waals surface area contributed by atoms with Crippen LogP contribution in [-0.4, -0.2) is 5.33 Å². The van der Waals surface area contributed by atoms with Crippen molar-refractivity contribution in [3.05, 3.63) is 11.9 Å². The molecule has 0 fully saturated rings. The summed E-state index contributed by atoms with van der Waals surface area (Å²) in [5.74, 6) is -1.40. The Kier molecular flexibility index (Phi) is 3.07. The van der Waals surface area contributed by atoms with E-state index in [0.717, 1.165) is 0 Å². The Morgan fingerprint density at radius 1 is 1.29 bits per heavy atom. The molecule has 7 heavy (non-hydrogen) atoms. The quantitative estimate of drug-likeness (QED) is 0.537. The van der Waals surface area contributed by atoms with Crippen LogP contribution < -0.4 is 0 Å². The van der Waals surface area contributed by atoms with Crippen molar-refractivity contribution in [1.82, 2.24) is 0 Å². The molecule has 0 aliphatic carbocycles. The minimum atomic E-state index is -2.25. The second kappa shape index (κ2) is 3.07. The van der Waals surface area contributed by atoms with Gasteiger partial charge in [0.2, 0.25) is 0 Å². The van der Waals surface area contributed by atoms with Crippen LogP contribution in [0, 0.1) is 0 Å². The molecule has 4 heteroatoms. The predicted octanol–water partition coefficient (Wildman–Crippen LogP) is 2.46. The lowest BCUT2D eigenvalue weighted by molar-refractivity contribution is 0.382. The smallest absolute Gasteiger partial charge is 0.205 e. The van der Waals surface area contributed by atoms with Crippen molar-refractivity contribution in [3.8, 4) is 0 Å². The molecule has 0 aromatic rings. The van der Waals surface area contributed by atoms with E-state index in [1.165, 1.54) is 0 Å². The summed E-state index contributed by atoms with van der Waals surface area (Å²) in [6, 6.07) is 0. The second-order valence-electron chi connectivity index (χ2n) is 0.799. The van der Waals surface area contributed by atoms with Crippen molar-refractivity contribution in [2.24, 2.45) is 0 Å². The van der Waals surface area contributed by atoms with E-state index in [0.29, 0.717) is 0 Å². The van der Waals surface area contributed by atoms with E-state index >= 15 is 0 Å². The van der Waals surface area contributed by atoms with Gasteiger partial charge < -0.3 is 0 Å². The highest BCUT2D eigenvalue weighted by atomic mass is 79.9. The van der Waals surface area contributed by atoms with Crippen LogP contribution in [0.3, 0.4) is 0 Å². The summed E-state index contributed by atoms with van der Waals surface area (Å²) in [5, 5.41) is -0.407. The van der Waals surface area contributed by atoms with Crippen molar-refractivity contribution in [3.63, 3.8) is 0 Å². The largest absolute Gasteiger partial charge is 0.302 e. The van der Waals surface area contributed by atoms with Crippen molar-refractivity contribution in [2.45, 2.75) is 0 Å². The number of hydrogen-bond acceptors (Lipinski definition) is 0. The Balaban J connectivity index is 3.72. The summed E-state index contributed by atoms with van der Waals surface area (Å²) in [6.07, 6.45) is -2.25. The fourth-order valence-corrected chi connectivity index (χ4v) is 0.262. The van der Waals surface area contributed by atoms with Gasteiger partial charge in [0, 0.05) is 0 Å². The average Bonchev–Trinajstić information content (AvgIpc) is 1.65. The molecule has 0 nitrogen and oxygen atoms in total. The molecule has 0 saturated heterocycles. The normalized spacial score (nSPS) is 8.57. The van der Waals surface area contributed by atoms with E-state index in [1.807, 2.05) is 0 Å². The molecule has 0 spiro atoms. The van der Waals surface area contributed by atoms with Gasteiger partial charge in [-0.3, -0.25) is 0 Å². The molecule has 0 aromatic carbocycles. The maximum atomic E-state index is 11.3. The van der Waals surface area contributed by atoms with Crippen LogP contribution in [0.15, 0.2) is 11.9 Å². The maximum Gasteiger partial charge on any atom is 0.302 e. The molecule has 0 unspecified atom stereocenters. The van der Waals surface area contributed by atoms with Crippen molar-refractivity contribution < 1.29 is 13.2 Å². The van der Waals surface area contributed by atoms with E-state index in [4.69, 9.17) is 0 Å². The van der Waals surface area contributed by atoms with Crippen molar-refractivity contribution >= 4 is 15.9 Å². The Bertz CT molecular complexity index is 84.2. The molecule has 0 aromatic heterocycles. The van der Waals surface area contributed by atoms with Crippen LogP contribution in [0.1, 0.15) is 0 Å². The molecule has 0 rings (SSSR count). The van der Waals surface area contributed by atoms with Gasteiger partial charge in [-0.1, -0.05) is 15.9 Å². The standard InChI is InChI=1S/C3H2BrF3/c4-1-2(5)3(6)7/h1H2. The van der Waals surface area contributed by atoms with E-state index in [1.54, 1.807) is 0 Å². The highest BCUT2D eigenvalue weighted by molar-refractivity contribution is 9.09. The molecule has 0 atom stereocenters. The molecule has 0 aliphatic heterocycles. The number of allylic oxidation sites excluding steroid dienone is 1. The minimum Gasteiger partial charge on any atom is -0.205 e. The Labute approximate surface area is 47.1 Å². The number of rotatable bonds is 1. The van der Waals surface area contributed by atoms with Crippen LogP contribution >= 0.6 is 15.9 Å². The lowest BCUT2D eigenvalue weighted by Crippen LogP contribution is -1.72. The van der Waals surface area contributed by atoms with Gasteiger partial charge in [0.1, 0.15) is 0 Å². The molecule has 0 bridgehead atoms. The first-order valence-electron chi connectivity index (χ1n) is 1.44. The summed E-state index contributed by atoms with van der Waals surface area (Å²) in [4.78, 5) is 0. The lowest BCUT2D eigenvalue weighted by atomic mass is 10.7. The van der Waals surface area contributed by atoms with Gasteiger partial charge in [0.15, 0.2) is 5.83 Å². The van der Waals surface area contributed by atoms with E-state index in [9.17, 15) is 13.2 Å². The predicted molar refractivity (Wildman–Crippen MR) is 24.1 cm³/mol. The molecule has 0 aliphatic rings. The number of halogens is 4. The molecule has 0 amide bonds. The molecule has 42 valence electrons. The minimum absolute atomic E-state index is 0.407. The van der Waals surface area contributed by atoms with Gasteiger partial charge in [-0.25, -0.2) is 4.39 Å². The lowest BCUT2D eigenvalue weighted by Gasteiger charge is -1.80. The van der Waals surface area contributed by atoms with Crippen LogP contribution in [0.2, 0.25) is 0 Å². The van der Waals surface area contributed by atoms with Crippen LogP contribution in [0.25, 0.3) is 0 Å². The third-order valence-electron chi connectivity index (χ3n) is 0.322. The first-order chi connectivity index (χ1) is 3.18. The molecule has 0 N–H and O–H groups in total. The second-order valence-corrected chi connectivity index (χ2v) is 1.36. The monoisotopic (exact) mass is 174 g/mol. The van der Waals surface area contributed by atoms with Gasteiger partial charge in [-0.15, -0.1) is 0 Å². The Hall–Kier alpha value is 0.01000. The highest BCUT2D eigenvalue weighted by Crippen LogP contribution is 2.10. The third-order valence-corrected chi connectivity index (χ3v) is 0.815. The Morgan fingerprint density at radius 2 is 1.71 bits per heavy atom. The summed E-state index contributed by atoms with van der Waals surface area (Å²) < 4.78 is 33.1. The molecule has 0 saturated carbocycles. The maximum absolute atomic E-state index is 11.3. The third kappa shape index (κ3) is 2.68. The van der Waals surface area contributed by atoms with Gasteiger partial charge in [-0.05, 0) is 0 Å². The molecule has 0 heterocycles. The summed E-state index contributed by atoms with van der Waals surface area (Å²) in [7, 11) is 0. The van der Waals surface area contributed by atoms with Crippen LogP contribution in [-0.2, 0) is 0 Å². The SMILES string of the molecule is FC(F)=C(F)CBr. The van der Waals surface area contributed by atoms with Crippen LogP contribution in [0.4, 0.5) is 13.2 Å². The fourth-order valence-electron chi connectivity index (χ4n) is 0.0505. The highest BCUT2D eigenvalue weighted by Gasteiger charge is 1.99. The fraction of sp³-hybridized carbons (Fsp3) is 0.333. The van der Waals surface area contributed by atoms with E-state index < -0.39 is 17.2 Å². The molecular weight excluding hydrogens is 173 g/mol. The van der Waals surface area contributed by atoms with Crippen molar-refractivity contribution in [1.29, 1.82) is 0 Å². The average molecular weight is 175 g/mol. The first-order valence-corrected chi connectivity index (χ1v) is 2.56. The zero-order valence-corrected chi connectivity index (χ0v) is 4.80. The van der Waals surface area contributed by atoms with Crippen LogP contribution in [0.5, 0.6) is 0 Å². The van der Waals surface area contributed by atoms with Gasteiger partial charge >= 0.3 is 6.08 Å². The zero-order chi connectivity index (χ0) is 5.86. The number of hydrogen-bond donors (Lipinski definition) is 0. The first kappa shape index (κ1) is 7.01. The summed E-state index contributed by atoms with van der Waals surface area (Å²) in [6.45, 7) is 0. The summed E-state index contributed by atoms with van der Waals surface area (Å²) >= 11 is 2.50. The summed E-state index contributed by atoms with van der Waals surface area (Å²) in [5.41, 5.74) is 0. The van der Waals surface area contributed by atoms with Crippen molar-refractivity contribution in [2.75, 3.05) is 5.33 Å². The van der Waals surface area contributed by atoms with Gasteiger partial charge in [0.25, 0.3) is 0 Å². The van der Waals surface area contributed by atoms with Gasteiger partial charge in [-0.2, -0.15) is 8.78 Å². The zero-order valence-electron chi connectivity index (χ0n) is 3.22. The topological polar surface area (TPSA) is 0 Å². The van der Waals surface area contributed by atoms with Gasteiger partial charge in [0.05, 0.1) is 5.33 Å². The molecule has 0 radical (unpaired) electrons. The number of alkyl halides is 1. The van der Waals surface area contributed by atoms with E-state index in [2.05, 4.69) is 15.9 Å². The van der Waals surface area contributed by atoms with E-state index in [-0.39, 0.29) is 0 Å². The molecular formula is C3H2BrF3. The Morgan fingerprint density at radius 3 is 1.71 bits per heavy atom.